The number of unbranched alkanes of at least 4 members (excludes halogenated alkanes) is 4. The molecule has 0 saturated heterocycles. The topological polar surface area (TPSA) is 46.9 Å². The normalized spacial score (nSPS) is 10.9. The molecule has 1 aromatic heterocycles. The summed E-state index contributed by atoms with van der Waals surface area (Å²) in [6.07, 6.45) is 5.92. The van der Waals surface area contributed by atoms with E-state index in [0.29, 0.717) is 38.7 Å². The fraction of sp³-hybridized carbons (Fsp3) is 0.304. The molecule has 0 unspecified atom stereocenters. The van der Waals surface area contributed by atoms with Crippen LogP contribution in [-0.2, 0) is 4.79 Å². The summed E-state index contributed by atoms with van der Waals surface area (Å²) < 4.78 is 1.62. The van der Waals surface area contributed by atoms with Crippen LogP contribution in [-0.4, -0.2) is 15.7 Å². The molecule has 4 nitrogen and oxygen atoms in total. The van der Waals surface area contributed by atoms with Crippen LogP contribution in [0.1, 0.15) is 45.4 Å². The van der Waals surface area contributed by atoms with Crippen molar-refractivity contribution in [3.63, 3.8) is 0 Å². The number of carbonyl (C=O) groups excluding carboxylic acids is 1. The van der Waals surface area contributed by atoms with Crippen LogP contribution in [0, 0.1) is 0 Å². The number of hydrogen-bond acceptors (Lipinski definition) is 2. The van der Waals surface area contributed by atoms with Gasteiger partial charge < -0.3 is 5.32 Å². The molecule has 0 fully saturated rings. The minimum absolute atomic E-state index is 0.0477. The Kier molecular flexibility index (Phi) is 8.20. The number of rotatable bonds is 9. The summed E-state index contributed by atoms with van der Waals surface area (Å²) in [4.78, 5) is 12.5. The van der Waals surface area contributed by atoms with Crippen molar-refractivity contribution in [1.29, 1.82) is 0 Å². The average Bonchev–Trinajstić information content (AvgIpc) is 3.13. The molecule has 0 bridgehead atoms. The molecule has 0 aliphatic rings. The van der Waals surface area contributed by atoms with Crippen LogP contribution in [0.15, 0.2) is 48.5 Å². The Labute approximate surface area is 192 Å². The van der Waals surface area contributed by atoms with Gasteiger partial charge in [0.25, 0.3) is 0 Å². The van der Waals surface area contributed by atoms with E-state index in [1.165, 1.54) is 12.8 Å². The van der Waals surface area contributed by atoms with Gasteiger partial charge in [-0.2, -0.15) is 5.10 Å². The van der Waals surface area contributed by atoms with Crippen LogP contribution in [0.5, 0.6) is 0 Å². The molecule has 0 saturated carbocycles. The molecule has 7 heteroatoms. The second kappa shape index (κ2) is 10.9. The lowest BCUT2D eigenvalue weighted by Crippen LogP contribution is -2.14. The maximum Gasteiger partial charge on any atom is 0.225 e. The van der Waals surface area contributed by atoms with Gasteiger partial charge in [-0.05, 0) is 36.8 Å². The molecule has 30 heavy (non-hydrogen) atoms. The second-order valence-corrected chi connectivity index (χ2v) is 8.42. The SMILES string of the molecule is CCCCCCCC(=O)Nc1cc(-c2ccc(Cl)cc2)nn1-c1cc(Cl)ccc1Cl. The monoisotopic (exact) mass is 463 g/mol. The second-order valence-electron chi connectivity index (χ2n) is 7.14. The first-order valence-electron chi connectivity index (χ1n) is 10.1. The maximum absolute atomic E-state index is 12.5. The zero-order valence-electron chi connectivity index (χ0n) is 16.8. The van der Waals surface area contributed by atoms with Crippen LogP contribution in [0.4, 0.5) is 5.82 Å². The van der Waals surface area contributed by atoms with E-state index in [2.05, 4.69) is 17.3 Å². The van der Waals surface area contributed by atoms with Crippen molar-refractivity contribution < 1.29 is 4.79 Å². The fourth-order valence-corrected chi connectivity index (χ4v) is 3.65. The van der Waals surface area contributed by atoms with Crippen LogP contribution in [0.3, 0.4) is 0 Å². The summed E-state index contributed by atoms with van der Waals surface area (Å²) in [5.41, 5.74) is 2.18. The highest BCUT2D eigenvalue weighted by Gasteiger charge is 2.16. The number of hydrogen-bond donors (Lipinski definition) is 1. The molecule has 0 radical (unpaired) electrons. The van der Waals surface area contributed by atoms with Gasteiger partial charge in [0, 0.05) is 28.1 Å². The first-order chi connectivity index (χ1) is 14.5. The molecule has 3 aromatic rings. The Morgan fingerprint density at radius 2 is 1.63 bits per heavy atom. The third-order valence-electron chi connectivity index (χ3n) is 4.76. The summed E-state index contributed by atoms with van der Waals surface area (Å²) in [5.74, 6) is 0.496. The summed E-state index contributed by atoms with van der Waals surface area (Å²) in [6, 6.07) is 14.3. The number of halogens is 3. The molecule has 0 aliphatic heterocycles. The minimum Gasteiger partial charge on any atom is -0.311 e. The van der Waals surface area contributed by atoms with Crippen LogP contribution >= 0.6 is 34.8 Å². The zero-order chi connectivity index (χ0) is 21.5. The highest BCUT2D eigenvalue weighted by molar-refractivity contribution is 6.34. The highest BCUT2D eigenvalue weighted by atomic mass is 35.5. The van der Waals surface area contributed by atoms with E-state index in [9.17, 15) is 4.79 Å². The van der Waals surface area contributed by atoms with Crippen molar-refractivity contribution in [1.82, 2.24) is 9.78 Å². The summed E-state index contributed by atoms with van der Waals surface area (Å²) in [5, 5.41) is 9.32. The van der Waals surface area contributed by atoms with E-state index in [0.717, 1.165) is 24.8 Å². The van der Waals surface area contributed by atoms with Crippen molar-refractivity contribution in [3.05, 3.63) is 63.6 Å². The lowest BCUT2D eigenvalue weighted by atomic mass is 10.1. The molecule has 2 aromatic carbocycles. The standard InChI is InChI=1S/C23H24Cl3N3O/c1-2-3-4-5-6-7-23(30)27-22-15-20(16-8-10-17(24)11-9-16)28-29(22)21-14-18(25)12-13-19(21)26/h8-15H,2-7H2,1H3,(H,27,30). The molecule has 3 rings (SSSR count). The van der Waals surface area contributed by atoms with E-state index in [1.807, 2.05) is 18.2 Å². The van der Waals surface area contributed by atoms with Crippen LogP contribution < -0.4 is 5.32 Å². The molecular formula is C23H24Cl3N3O. The third kappa shape index (κ3) is 6.00. The van der Waals surface area contributed by atoms with Gasteiger partial charge in [-0.25, -0.2) is 4.68 Å². The van der Waals surface area contributed by atoms with Crippen LogP contribution in [0.2, 0.25) is 15.1 Å². The highest BCUT2D eigenvalue weighted by Crippen LogP contribution is 2.30. The Morgan fingerprint density at radius 1 is 0.933 bits per heavy atom. The smallest absolute Gasteiger partial charge is 0.225 e. The summed E-state index contributed by atoms with van der Waals surface area (Å²) >= 11 is 18.6. The van der Waals surface area contributed by atoms with Gasteiger partial charge in [0.2, 0.25) is 5.91 Å². The molecule has 158 valence electrons. The van der Waals surface area contributed by atoms with E-state index < -0.39 is 0 Å². The predicted molar refractivity (Wildman–Crippen MR) is 126 cm³/mol. The number of benzene rings is 2. The first-order valence-corrected chi connectivity index (χ1v) is 11.2. The van der Waals surface area contributed by atoms with E-state index in [1.54, 1.807) is 35.0 Å². The third-order valence-corrected chi connectivity index (χ3v) is 5.57. The number of amides is 1. The largest absolute Gasteiger partial charge is 0.311 e. The van der Waals surface area contributed by atoms with E-state index in [-0.39, 0.29) is 5.91 Å². The predicted octanol–water partition coefficient (Wildman–Crippen LogP) is 7.80. The molecular weight excluding hydrogens is 441 g/mol. The minimum atomic E-state index is -0.0477. The lowest BCUT2D eigenvalue weighted by molar-refractivity contribution is -0.116. The van der Waals surface area contributed by atoms with Crippen LogP contribution in [0.25, 0.3) is 16.9 Å². The van der Waals surface area contributed by atoms with Crippen molar-refractivity contribution in [2.24, 2.45) is 0 Å². The number of anilines is 1. The number of nitrogens with one attached hydrogen (secondary N) is 1. The summed E-state index contributed by atoms with van der Waals surface area (Å²) in [7, 11) is 0. The van der Waals surface area contributed by atoms with E-state index >= 15 is 0 Å². The zero-order valence-corrected chi connectivity index (χ0v) is 19.1. The Bertz CT molecular complexity index is 999. The van der Waals surface area contributed by atoms with E-state index in [4.69, 9.17) is 34.8 Å². The molecule has 1 amide bonds. The Morgan fingerprint density at radius 3 is 2.37 bits per heavy atom. The van der Waals surface area contributed by atoms with Gasteiger partial charge in [0.05, 0.1) is 16.4 Å². The van der Waals surface area contributed by atoms with Crippen molar-refractivity contribution in [2.75, 3.05) is 5.32 Å². The molecule has 1 N–H and O–H groups in total. The van der Waals surface area contributed by atoms with Gasteiger partial charge in [0.15, 0.2) is 0 Å². The first kappa shape index (κ1) is 22.7. The van der Waals surface area contributed by atoms with Crippen molar-refractivity contribution >= 4 is 46.5 Å². The number of carbonyl (C=O) groups is 1. The average molecular weight is 465 g/mol. The molecule has 1 heterocycles. The van der Waals surface area contributed by atoms with Gasteiger partial charge in [-0.3, -0.25) is 4.79 Å². The summed E-state index contributed by atoms with van der Waals surface area (Å²) in [6.45, 7) is 2.17. The fourth-order valence-electron chi connectivity index (χ4n) is 3.16. The maximum atomic E-state index is 12.5. The number of aromatic nitrogens is 2. The Hall–Kier alpha value is -2.01. The van der Waals surface area contributed by atoms with Gasteiger partial charge in [0.1, 0.15) is 5.82 Å². The van der Waals surface area contributed by atoms with Crippen molar-refractivity contribution in [2.45, 2.75) is 45.4 Å². The van der Waals surface area contributed by atoms with Gasteiger partial charge >= 0.3 is 0 Å². The molecule has 0 atom stereocenters. The Balaban J connectivity index is 1.87. The quantitative estimate of drug-likeness (QED) is 0.328. The molecule has 0 aliphatic carbocycles. The number of nitrogens with zero attached hydrogens (tertiary/aromatic N) is 2. The molecule has 0 spiro atoms. The van der Waals surface area contributed by atoms with Gasteiger partial charge in [-0.15, -0.1) is 0 Å². The lowest BCUT2D eigenvalue weighted by Gasteiger charge is -2.11. The van der Waals surface area contributed by atoms with Crippen molar-refractivity contribution in [3.8, 4) is 16.9 Å². The van der Waals surface area contributed by atoms with Gasteiger partial charge in [-0.1, -0.05) is 79.5 Å².